The van der Waals surface area contributed by atoms with E-state index in [2.05, 4.69) is 26.0 Å². The number of aromatic carboxylic acids is 1. The van der Waals surface area contributed by atoms with Crippen LogP contribution in [0.3, 0.4) is 0 Å². The van der Waals surface area contributed by atoms with Crippen molar-refractivity contribution >= 4 is 39.5 Å². The van der Waals surface area contributed by atoms with E-state index in [1.807, 2.05) is 0 Å². The van der Waals surface area contributed by atoms with E-state index >= 15 is 0 Å². The maximum Gasteiger partial charge on any atom is 0.336 e. The second-order valence-corrected chi connectivity index (χ2v) is 4.57. The van der Waals surface area contributed by atoms with Crippen molar-refractivity contribution in [1.29, 1.82) is 0 Å². The smallest absolute Gasteiger partial charge is 0.336 e. The Kier molecular flexibility index (Phi) is 5.66. The van der Waals surface area contributed by atoms with Gasteiger partial charge in [-0.15, -0.1) is 0 Å². The molecule has 0 saturated heterocycles. The molecular formula is C12H13BrN2O5. The summed E-state index contributed by atoms with van der Waals surface area (Å²) in [4.78, 5) is 33.9. The highest BCUT2D eigenvalue weighted by molar-refractivity contribution is 9.10. The first kappa shape index (κ1) is 16.1. The third-order valence-electron chi connectivity index (χ3n) is 2.29. The summed E-state index contributed by atoms with van der Waals surface area (Å²) >= 11 is 3.08. The zero-order valence-electron chi connectivity index (χ0n) is 10.6. The first-order valence-electron chi connectivity index (χ1n) is 5.62. The van der Waals surface area contributed by atoms with Crippen LogP contribution in [0.15, 0.2) is 22.7 Å². The Balaban J connectivity index is 2.83. The van der Waals surface area contributed by atoms with Gasteiger partial charge >= 0.3 is 11.9 Å². The van der Waals surface area contributed by atoms with Crippen LogP contribution >= 0.6 is 15.9 Å². The van der Waals surface area contributed by atoms with Crippen LogP contribution < -0.4 is 11.1 Å². The van der Waals surface area contributed by atoms with Gasteiger partial charge in [0.15, 0.2) is 6.04 Å². The summed E-state index contributed by atoms with van der Waals surface area (Å²) in [5.74, 6) is -2.77. The van der Waals surface area contributed by atoms with E-state index in [4.69, 9.17) is 10.8 Å². The van der Waals surface area contributed by atoms with Crippen LogP contribution in [-0.4, -0.2) is 35.6 Å². The molecule has 4 N–H and O–H groups in total. The molecular weight excluding hydrogens is 332 g/mol. The lowest BCUT2D eigenvalue weighted by Gasteiger charge is -2.12. The van der Waals surface area contributed by atoms with Gasteiger partial charge in [0.1, 0.15) is 0 Å². The van der Waals surface area contributed by atoms with E-state index in [1.54, 1.807) is 6.92 Å². The van der Waals surface area contributed by atoms with Gasteiger partial charge in [-0.2, -0.15) is 0 Å². The van der Waals surface area contributed by atoms with Crippen LogP contribution in [0.4, 0.5) is 5.69 Å². The predicted molar refractivity (Wildman–Crippen MR) is 74.3 cm³/mol. The summed E-state index contributed by atoms with van der Waals surface area (Å²) in [5, 5.41) is 11.3. The molecule has 0 aliphatic rings. The summed E-state index contributed by atoms with van der Waals surface area (Å²) in [7, 11) is 0. The van der Waals surface area contributed by atoms with Gasteiger partial charge in [0, 0.05) is 10.2 Å². The first-order valence-corrected chi connectivity index (χ1v) is 6.42. The monoisotopic (exact) mass is 344 g/mol. The summed E-state index contributed by atoms with van der Waals surface area (Å²) in [6.45, 7) is 1.71. The Morgan fingerprint density at radius 3 is 2.65 bits per heavy atom. The SMILES string of the molecule is CCOC(=O)C(N)C(=O)Nc1ccc(Br)c(C(=O)O)c1. The highest BCUT2D eigenvalue weighted by atomic mass is 79.9. The van der Waals surface area contributed by atoms with Crippen LogP contribution in [0.5, 0.6) is 0 Å². The number of benzene rings is 1. The standard InChI is InChI=1S/C12H13BrN2O5/c1-2-20-12(19)9(14)10(16)15-6-3-4-8(13)7(5-6)11(17)18/h3-5,9H,2,14H2,1H3,(H,15,16)(H,17,18). The van der Waals surface area contributed by atoms with Crippen LogP contribution in [0.2, 0.25) is 0 Å². The number of anilines is 1. The Hall–Kier alpha value is -1.93. The average molecular weight is 345 g/mol. The van der Waals surface area contributed by atoms with Gasteiger partial charge in [-0.05, 0) is 41.1 Å². The number of hydrogen-bond acceptors (Lipinski definition) is 5. The average Bonchev–Trinajstić information content (AvgIpc) is 2.39. The van der Waals surface area contributed by atoms with E-state index in [1.165, 1.54) is 18.2 Å². The third-order valence-corrected chi connectivity index (χ3v) is 2.98. The Morgan fingerprint density at radius 1 is 1.45 bits per heavy atom. The van der Waals surface area contributed by atoms with E-state index in [-0.39, 0.29) is 17.9 Å². The lowest BCUT2D eigenvalue weighted by Crippen LogP contribution is -2.43. The number of carboxylic acid groups (broad SMARTS) is 1. The molecule has 20 heavy (non-hydrogen) atoms. The number of esters is 1. The maximum atomic E-state index is 11.7. The number of rotatable bonds is 5. The third kappa shape index (κ3) is 4.04. The molecule has 0 bridgehead atoms. The molecule has 7 nitrogen and oxygen atoms in total. The molecule has 0 aromatic heterocycles. The second kappa shape index (κ2) is 7.01. The molecule has 1 rings (SSSR count). The minimum atomic E-state index is -1.47. The molecule has 0 radical (unpaired) electrons. The highest BCUT2D eigenvalue weighted by Crippen LogP contribution is 2.21. The second-order valence-electron chi connectivity index (χ2n) is 3.72. The minimum absolute atomic E-state index is 0.0208. The first-order chi connectivity index (χ1) is 9.36. The summed E-state index contributed by atoms with van der Waals surface area (Å²) in [6, 6.07) is 2.73. The fraction of sp³-hybridized carbons (Fsp3) is 0.250. The van der Waals surface area contributed by atoms with Crippen LogP contribution in [0, 0.1) is 0 Å². The van der Waals surface area contributed by atoms with E-state index < -0.39 is 23.9 Å². The van der Waals surface area contributed by atoms with E-state index in [0.717, 1.165) is 0 Å². The van der Waals surface area contributed by atoms with Gasteiger partial charge in [-0.25, -0.2) is 9.59 Å². The number of carbonyl (C=O) groups excluding carboxylic acids is 2. The lowest BCUT2D eigenvalue weighted by atomic mass is 10.2. The van der Waals surface area contributed by atoms with Crippen LogP contribution in [0.25, 0.3) is 0 Å². The van der Waals surface area contributed by atoms with Crippen molar-refractivity contribution in [3.8, 4) is 0 Å². The van der Waals surface area contributed by atoms with Crippen molar-refractivity contribution in [1.82, 2.24) is 0 Å². The number of nitrogens with two attached hydrogens (primary N) is 1. The fourth-order valence-corrected chi connectivity index (χ4v) is 1.74. The van der Waals surface area contributed by atoms with Crippen LogP contribution in [0.1, 0.15) is 17.3 Å². The maximum absolute atomic E-state index is 11.7. The van der Waals surface area contributed by atoms with Crippen molar-refractivity contribution in [2.45, 2.75) is 13.0 Å². The number of nitrogens with one attached hydrogen (secondary N) is 1. The largest absolute Gasteiger partial charge is 0.478 e. The molecule has 0 heterocycles. The number of ether oxygens (including phenoxy) is 1. The molecule has 1 aromatic carbocycles. The molecule has 8 heteroatoms. The van der Waals surface area contributed by atoms with Crippen molar-refractivity contribution in [2.24, 2.45) is 5.73 Å². The zero-order chi connectivity index (χ0) is 15.3. The predicted octanol–water partition coefficient (Wildman–Crippen LogP) is 0.976. The molecule has 0 spiro atoms. The van der Waals surface area contributed by atoms with Gasteiger partial charge in [-0.3, -0.25) is 4.79 Å². The quantitative estimate of drug-likeness (QED) is 0.541. The molecule has 108 valence electrons. The van der Waals surface area contributed by atoms with Crippen molar-refractivity contribution < 1.29 is 24.2 Å². The van der Waals surface area contributed by atoms with Gasteiger partial charge in [0.25, 0.3) is 5.91 Å². The Bertz CT molecular complexity index is 547. The minimum Gasteiger partial charge on any atom is -0.478 e. The number of halogens is 1. The van der Waals surface area contributed by atoms with Gasteiger partial charge in [0.05, 0.1) is 12.2 Å². The number of carboxylic acids is 1. The fourth-order valence-electron chi connectivity index (χ4n) is 1.33. The lowest BCUT2D eigenvalue weighted by molar-refractivity contribution is -0.146. The Labute approximate surface area is 123 Å². The summed E-state index contributed by atoms with van der Waals surface area (Å²) in [5.41, 5.74) is 5.61. The molecule has 0 aliphatic heterocycles. The number of carbonyl (C=O) groups is 3. The number of hydrogen-bond donors (Lipinski definition) is 3. The molecule has 1 unspecified atom stereocenters. The van der Waals surface area contributed by atoms with Crippen molar-refractivity contribution in [3.63, 3.8) is 0 Å². The number of amides is 1. The van der Waals surface area contributed by atoms with E-state index in [0.29, 0.717) is 4.47 Å². The van der Waals surface area contributed by atoms with Gasteiger partial charge in [0.2, 0.25) is 0 Å². The molecule has 1 atom stereocenters. The zero-order valence-corrected chi connectivity index (χ0v) is 12.1. The summed E-state index contributed by atoms with van der Waals surface area (Å²) < 4.78 is 4.99. The van der Waals surface area contributed by atoms with Crippen molar-refractivity contribution in [3.05, 3.63) is 28.2 Å². The normalized spacial score (nSPS) is 11.6. The molecule has 0 aliphatic carbocycles. The topological polar surface area (TPSA) is 119 Å². The van der Waals surface area contributed by atoms with Gasteiger partial charge in [-0.1, -0.05) is 0 Å². The van der Waals surface area contributed by atoms with Crippen LogP contribution in [-0.2, 0) is 14.3 Å². The van der Waals surface area contributed by atoms with Gasteiger partial charge < -0.3 is 20.9 Å². The van der Waals surface area contributed by atoms with Crippen molar-refractivity contribution in [2.75, 3.05) is 11.9 Å². The summed E-state index contributed by atoms with van der Waals surface area (Å²) in [6.07, 6.45) is 0. The molecule has 0 saturated carbocycles. The molecule has 1 aromatic rings. The molecule has 0 fully saturated rings. The van der Waals surface area contributed by atoms with E-state index in [9.17, 15) is 14.4 Å². The highest BCUT2D eigenvalue weighted by Gasteiger charge is 2.23. The molecule has 1 amide bonds. The Morgan fingerprint density at radius 2 is 2.10 bits per heavy atom.